The van der Waals surface area contributed by atoms with Gasteiger partial charge in [-0.25, -0.2) is 0 Å². The minimum Gasteiger partial charge on any atom is -0.497 e. The van der Waals surface area contributed by atoms with Crippen molar-refractivity contribution in [3.8, 4) is 5.75 Å². The number of likely N-dealkylation sites (tertiary alicyclic amines) is 1. The molecule has 3 aromatic rings. The zero-order valence-electron chi connectivity index (χ0n) is 18.1. The van der Waals surface area contributed by atoms with Crippen LogP contribution in [-0.4, -0.2) is 59.0 Å². The van der Waals surface area contributed by atoms with Crippen LogP contribution in [0.25, 0.3) is 10.8 Å². The molecule has 0 atom stereocenters. The highest BCUT2D eigenvalue weighted by Gasteiger charge is 2.47. The molecule has 5 rings (SSSR count). The van der Waals surface area contributed by atoms with Gasteiger partial charge < -0.3 is 14.5 Å². The fourth-order valence-corrected chi connectivity index (χ4v) is 6.30. The second-order valence-electron chi connectivity index (χ2n) is 8.30. The summed E-state index contributed by atoms with van der Waals surface area (Å²) in [5, 5.41) is 2.07. The summed E-state index contributed by atoms with van der Waals surface area (Å²) in [6.45, 7) is 2.05. The van der Waals surface area contributed by atoms with E-state index in [4.69, 9.17) is 4.74 Å². The van der Waals surface area contributed by atoms with E-state index in [0.29, 0.717) is 18.7 Å². The first-order valence-corrected chi connectivity index (χ1v) is 12.0. The number of piperidine rings is 1. The van der Waals surface area contributed by atoms with Crippen LogP contribution in [-0.2, 0) is 0 Å². The molecule has 1 spiro atoms. The normalized spacial score (nSPS) is 17.7. The molecule has 0 radical (unpaired) electrons. The third-order valence-corrected chi connectivity index (χ3v) is 8.16. The van der Waals surface area contributed by atoms with Gasteiger partial charge in [0, 0.05) is 36.5 Å². The Morgan fingerprint density at radius 3 is 2.34 bits per heavy atom. The number of thioether (sulfide) groups is 1. The standard InChI is InChI=1S/C26H26N2O3S/c1-31-21-11-9-20(10-12-21)24(29)28-17-18-32-26(28)13-15-27(16-14-26)25(30)23-8-4-6-19-5-2-3-7-22(19)23/h2-12H,13-18H2,1H3. The molecule has 0 aliphatic carbocycles. The van der Waals surface area contributed by atoms with Crippen molar-refractivity contribution >= 4 is 34.3 Å². The SMILES string of the molecule is COc1ccc(C(=O)N2CCSC23CCN(C(=O)c2cccc4ccccc24)CC3)cc1. The van der Waals surface area contributed by atoms with E-state index in [1.165, 1.54) is 0 Å². The van der Waals surface area contributed by atoms with Gasteiger partial charge in [0.05, 0.1) is 12.0 Å². The number of hydrogen-bond acceptors (Lipinski definition) is 4. The average Bonchev–Trinajstić information content (AvgIpc) is 3.26. The molecule has 0 bridgehead atoms. The van der Waals surface area contributed by atoms with E-state index in [1.54, 1.807) is 7.11 Å². The molecular weight excluding hydrogens is 420 g/mol. The molecular formula is C26H26N2O3S. The van der Waals surface area contributed by atoms with Crippen LogP contribution in [0.4, 0.5) is 0 Å². The maximum Gasteiger partial charge on any atom is 0.255 e. The van der Waals surface area contributed by atoms with Crippen LogP contribution in [0.1, 0.15) is 33.6 Å². The fraction of sp³-hybridized carbons (Fsp3) is 0.308. The highest BCUT2D eigenvalue weighted by atomic mass is 32.2. The summed E-state index contributed by atoms with van der Waals surface area (Å²) >= 11 is 1.86. The predicted octanol–water partition coefficient (Wildman–Crippen LogP) is 4.67. The Balaban J connectivity index is 1.32. The van der Waals surface area contributed by atoms with Crippen LogP contribution in [0, 0.1) is 0 Å². The first-order valence-electron chi connectivity index (χ1n) is 11.0. The summed E-state index contributed by atoms with van der Waals surface area (Å²) in [4.78, 5) is 30.4. The Morgan fingerprint density at radius 1 is 0.875 bits per heavy atom. The molecule has 32 heavy (non-hydrogen) atoms. The van der Waals surface area contributed by atoms with Crippen LogP contribution in [0.15, 0.2) is 66.7 Å². The molecule has 2 heterocycles. The number of hydrogen-bond donors (Lipinski definition) is 0. The number of rotatable bonds is 3. The third-order valence-electron chi connectivity index (χ3n) is 6.61. The molecule has 0 saturated carbocycles. The van der Waals surface area contributed by atoms with Crippen molar-refractivity contribution in [3.05, 3.63) is 77.9 Å². The molecule has 2 fully saturated rings. The maximum atomic E-state index is 13.3. The Morgan fingerprint density at radius 2 is 1.59 bits per heavy atom. The van der Waals surface area contributed by atoms with Crippen LogP contribution in [0.5, 0.6) is 5.75 Å². The Bertz CT molecular complexity index is 1150. The van der Waals surface area contributed by atoms with E-state index in [0.717, 1.165) is 47.2 Å². The van der Waals surface area contributed by atoms with Gasteiger partial charge in [0.2, 0.25) is 0 Å². The molecule has 2 amide bonds. The molecule has 3 aromatic carbocycles. The lowest BCUT2D eigenvalue weighted by atomic mass is 9.98. The summed E-state index contributed by atoms with van der Waals surface area (Å²) in [5.74, 6) is 1.81. The van der Waals surface area contributed by atoms with E-state index in [1.807, 2.05) is 88.3 Å². The van der Waals surface area contributed by atoms with Crippen molar-refractivity contribution in [2.45, 2.75) is 17.7 Å². The predicted molar refractivity (Wildman–Crippen MR) is 128 cm³/mol. The molecule has 164 valence electrons. The summed E-state index contributed by atoms with van der Waals surface area (Å²) < 4.78 is 5.22. The summed E-state index contributed by atoms with van der Waals surface area (Å²) in [6, 6.07) is 21.2. The number of benzene rings is 3. The van der Waals surface area contributed by atoms with Gasteiger partial charge in [-0.1, -0.05) is 36.4 Å². The number of amides is 2. The molecule has 5 nitrogen and oxygen atoms in total. The van der Waals surface area contributed by atoms with Crippen molar-refractivity contribution in [3.63, 3.8) is 0 Å². The van der Waals surface area contributed by atoms with Crippen LogP contribution >= 0.6 is 11.8 Å². The van der Waals surface area contributed by atoms with Crippen molar-refractivity contribution in [1.82, 2.24) is 9.80 Å². The number of carbonyl (C=O) groups is 2. The zero-order chi connectivity index (χ0) is 22.1. The van der Waals surface area contributed by atoms with E-state index in [2.05, 4.69) is 0 Å². The molecule has 2 saturated heterocycles. The van der Waals surface area contributed by atoms with Gasteiger partial charge in [-0.2, -0.15) is 0 Å². The minimum absolute atomic E-state index is 0.0616. The summed E-state index contributed by atoms with van der Waals surface area (Å²) in [5.41, 5.74) is 1.44. The quantitative estimate of drug-likeness (QED) is 0.587. The van der Waals surface area contributed by atoms with Gasteiger partial charge >= 0.3 is 0 Å². The summed E-state index contributed by atoms with van der Waals surface area (Å²) in [7, 11) is 1.62. The monoisotopic (exact) mass is 446 g/mol. The van der Waals surface area contributed by atoms with E-state index < -0.39 is 0 Å². The lowest BCUT2D eigenvalue weighted by molar-refractivity contribution is 0.0498. The van der Waals surface area contributed by atoms with Crippen LogP contribution in [0.3, 0.4) is 0 Å². The van der Waals surface area contributed by atoms with Crippen molar-refractivity contribution < 1.29 is 14.3 Å². The Hall–Kier alpha value is -2.99. The Labute approximate surface area is 192 Å². The number of carbonyl (C=O) groups excluding carboxylic acids is 2. The van der Waals surface area contributed by atoms with Crippen LogP contribution < -0.4 is 4.74 Å². The molecule has 0 N–H and O–H groups in total. The van der Waals surface area contributed by atoms with Crippen molar-refractivity contribution in [1.29, 1.82) is 0 Å². The number of methoxy groups -OCH3 is 1. The minimum atomic E-state index is -0.230. The van der Waals surface area contributed by atoms with Crippen LogP contribution in [0.2, 0.25) is 0 Å². The first kappa shape index (κ1) is 20.9. The Kier molecular flexibility index (Phi) is 5.55. The van der Waals surface area contributed by atoms with Gasteiger partial charge in [0.15, 0.2) is 0 Å². The van der Waals surface area contributed by atoms with Gasteiger partial charge in [-0.05, 0) is 53.9 Å². The highest BCUT2D eigenvalue weighted by molar-refractivity contribution is 8.00. The molecule has 6 heteroatoms. The number of ether oxygens (including phenoxy) is 1. The van der Waals surface area contributed by atoms with E-state index in [-0.39, 0.29) is 16.7 Å². The van der Waals surface area contributed by atoms with Crippen molar-refractivity contribution in [2.24, 2.45) is 0 Å². The second-order valence-corrected chi connectivity index (χ2v) is 9.76. The molecule has 2 aliphatic rings. The topological polar surface area (TPSA) is 49.9 Å². The smallest absolute Gasteiger partial charge is 0.255 e. The molecule has 0 unspecified atom stereocenters. The van der Waals surface area contributed by atoms with Crippen molar-refractivity contribution in [2.75, 3.05) is 32.5 Å². The first-order chi connectivity index (χ1) is 15.6. The fourth-order valence-electron chi connectivity index (χ4n) is 4.84. The number of nitrogens with zero attached hydrogens (tertiary/aromatic N) is 2. The highest BCUT2D eigenvalue weighted by Crippen LogP contribution is 2.44. The van der Waals surface area contributed by atoms with Gasteiger partial charge in [0.25, 0.3) is 11.8 Å². The van der Waals surface area contributed by atoms with Gasteiger partial charge in [-0.3, -0.25) is 9.59 Å². The van der Waals surface area contributed by atoms with E-state index in [9.17, 15) is 9.59 Å². The molecule has 0 aromatic heterocycles. The average molecular weight is 447 g/mol. The maximum absolute atomic E-state index is 13.3. The molecule has 2 aliphatic heterocycles. The third kappa shape index (κ3) is 3.62. The van der Waals surface area contributed by atoms with E-state index >= 15 is 0 Å². The lowest BCUT2D eigenvalue weighted by Crippen LogP contribution is -2.53. The second kappa shape index (κ2) is 8.51. The largest absolute Gasteiger partial charge is 0.497 e. The van der Waals surface area contributed by atoms with Gasteiger partial charge in [0.1, 0.15) is 5.75 Å². The lowest BCUT2D eigenvalue weighted by Gasteiger charge is -2.44. The summed E-state index contributed by atoms with van der Waals surface area (Å²) in [6.07, 6.45) is 1.58. The van der Waals surface area contributed by atoms with Gasteiger partial charge in [-0.15, -0.1) is 11.8 Å². The number of fused-ring (bicyclic) bond motifs is 1. The zero-order valence-corrected chi connectivity index (χ0v) is 18.9.